The molecular formula is C22H27N3O3S. The van der Waals surface area contributed by atoms with Crippen molar-refractivity contribution in [3.8, 4) is 5.75 Å². The third-order valence-electron chi connectivity index (χ3n) is 4.29. The van der Waals surface area contributed by atoms with Crippen LogP contribution < -0.4 is 20.9 Å². The molecule has 7 heteroatoms. The van der Waals surface area contributed by atoms with Crippen LogP contribution in [0.4, 0.5) is 0 Å². The van der Waals surface area contributed by atoms with Gasteiger partial charge in [-0.2, -0.15) is 0 Å². The maximum atomic E-state index is 12.5. The first kappa shape index (κ1) is 22.4. The molecule has 0 atom stereocenters. The number of hydrazine groups is 1. The average Bonchev–Trinajstić information content (AvgIpc) is 2.72. The summed E-state index contributed by atoms with van der Waals surface area (Å²) in [7, 11) is 0. The lowest BCUT2D eigenvalue weighted by Gasteiger charge is -2.14. The largest absolute Gasteiger partial charge is 0.493 e. The molecule has 2 amide bonds. The number of hydrogen-bond donors (Lipinski definition) is 3. The highest BCUT2D eigenvalue weighted by Gasteiger charge is 2.14. The summed E-state index contributed by atoms with van der Waals surface area (Å²) in [5.41, 5.74) is 6.79. The second-order valence-corrected chi connectivity index (χ2v) is 6.99. The third-order valence-corrected chi connectivity index (χ3v) is 4.50. The number of hydrogen-bond acceptors (Lipinski definition) is 4. The highest BCUT2D eigenvalue weighted by atomic mass is 32.1. The smallest absolute Gasteiger partial charge is 0.269 e. The SMILES string of the molecule is CCCCCCOc1ccccc1C(=O)NC(=S)NNC(=O)c1ccccc1C. The maximum Gasteiger partial charge on any atom is 0.269 e. The number of rotatable bonds is 8. The lowest BCUT2D eigenvalue weighted by molar-refractivity contribution is 0.0933. The molecule has 0 aromatic heterocycles. The molecule has 0 bridgehead atoms. The Hall–Kier alpha value is -2.93. The van der Waals surface area contributed by atoms with Gasteiger partial charge in [-0.25, -0.2) is 0 Å². The first-order chi connectivity index (χ1) is 14.0. The first-order valence-corrected chi connectivity index (χ1v) is 10.1. The Bertz CT molecular complexity index is 855. The number of unbranched alkanes of at least 4 members (excludes halogenated alkanes) is 3. The Labute approximate surface area is 177 Å². The molecule has 0 radical (unpaired) electrons. The van der Waals surface area contributed by atoms with Crippen LogP contribution in [0.5, 0.6) is 5.75 Å². The molecule has 0 saturated carbocycles. The molecule has 2 rings (SSSR count). The van der Waals surface area contributed by atoms with Crippen molar-refractivity contribution in [1.82, 2.24) is 16.2 Å². The van der Waals surface area contributed by atoms with Gasteiger partial charge in [0.1, 0.15) is 5.75 Å². The molecule has 0 aliphatic heterocycles. The van der Waals surface area contributed by atoms with E-state index >= 15 is 0 Å². The predicted molar refractivity (Wildman–Crippen MR) is 118 cm³/mol. The molecule has 0 heterocycles. The Morgan fingerprint density at radius 3 is 2.31 bits per heavy atom. The van der Waals surface area contributed by atoms with Crippen LogP contribution in [0.15, 0.2) is 48.5 Å². The van der Waals surface area contributed by atoms with Gasteiger partial charge in [0.05, 0.1) is 12.2 Å². The number of nitrogens with one attached hydrogen (secondary N) is 3. The Morgan fingerprint density at radius 2 is 1.59 bits per heavy atom. The molecule has 2 aromatic carbocycles. The van der Waals surface area contributed by atoms with E-state index in [2.05, 4.69) is 23.1 Å². The van der Waals surface area contributed by atoms with Crippen LogP contribution in [0, 0.1) is 6.92 Å². The van der Waals surface area contributed by atoms with Crippen LogP contribution in [-0.2, 0) is 0 Å². The van der Waals surface area contributed by atoms with Gasteiger partial charge in [-0.15, -0.1) is 0 Å². The van der Waals surface area contributed by atoms with E-state index in [1.165, 1.54) is 6.42 Å². The van der Waals surface area contributed by atoms with Crippen LogP contribution in [0.25, 0.3) is 0 Å². The summed E-state index contributed by atoms with van der Waals surface area (Å²) in [6.45, 7) is 4.55. The number of para-hydroxylation sites is 1. The fourth-order valence-corrected chi connectivity index (χ4v) is 2.85. The van der Waals surface area contributed by atoms with Crippen molar-refractivity contribution in [3.63, 3.8) is 0 Å². The zero-order chi connectivity index (χ0) is 21.1. The van der Waals surface area contributed by atoms with Gasteiger partial charge < -0.3 is 4.74 Å². The van der Waals surface area contributed by atoms with E-state index in [0.717, 1.165) is 24.8 Å². The highest BCUT2D eigenvalue weighted by Crippen LogP contribution is 2.18. The average molecular weight is 414 g/mol. The number of aryl methyl sites for hydroxylation is 1. The lowest BCUT2D eigenvalue weighted by atomic mass is 10.1. The van der Waals surface area contributed by atoms with Crippen LogP contribution in [0.1, 0.15) is 58.9 Å². The van der Waals surface area contributed by atoms with Gasteiger partial charge in [0.2, 0.25) is 0 Å². The zero-order valence-corrected chi connectivity index (χ0v) is 17.6. The quantitative estimate of drug-likeness (QED) is 0.347. The summed E-state index contributed by atoms with van der Waals surface area (Å²) in [6, 6.07) is 14.2. The van der Waals surface area contributed by atoms with E-state index < -0.39 is 5.91 Å². The van der Waals surface area contributed by atoms with Crippen molar-refractivity contribution >= 4 is 29.1 Å². The summed E-state index contributed by atoms with van der Waals surface area (Å²) in [6.07, 6.45) is 4.36. The van der Waals surface area contributed by atoms with Gasteiger partial charge in [-0.3, -0.25) is 25.8 Å². The van der Waals surface area contributed by atoms with Gasteiger partial charge in [-0.05, 0) is 49.3 Å². The van der Waals surface area contributed by atoms with E-state index in [1.54, 1.807) is 30.3 Å². The number of thiocarbonyl (C=S) groups is 1. The van der Waals surface area contributed by atoms with Crippen LogP contribution >= 0.6 is 12.2 Å². The fourth-order valence-electron chi connectivity index (χ4n) is 2.70. The predicted octanol–water partition coefficient (Wildman–Crippen LogP) is 3.90. The summed E-state index contributed by atoms with van der Waals surface area (Å²) in [5.74, 6) is -0.236. The minimum atomic E-state index is -0.406. The summed E-state index contributed by atoms with van der Waals surface area (Å²) in [4.78, 5) is 24.8. The Kier molecular flexibility index (Phi) is 9.11. The van der Waals surface area contributed by atoms with E-state index in [4.69, 9.17) is 17.0 Å². The molecule has 6 nitrogen and oxygen atoms in total. The van der Waals surface area contributed by atoms with E-state index in [0.29, 0.717) is 23.5 Å². The highest BCUT2D eigenvalue weighted by molar-refractivity contribution is 7.80. The summed E-state index contributed by atoms with van der Waals surface area (Å²) < 4.78 is 5.76. The van der Waals surface area contributed by atoms with Gasteiger partial charge in [0.25, 0.3) is 11.8 Å². The van der Waals surface area contributed by atoms with Crippen LogP contribution in [0.3, 0.4) is 0 Å². The normalized spacial score (nSPS) is 10.1. The summed E-state index contributed by atoms with van der Waals surface area (Å²) in [5, 5.41) is 2.55. The van der Waals surface area contributed by atoms with Crippen molar-refractivity contribution < 1.29 is 14.3 Å². The van der Waals surface area contributed by atoms with Crippen molar-refractivity contribution in [2.75, 3.05) is 6.61 Å². The van der Waals surface area contributed by atoms with Gasteiger partial charge in [0.15, 0.2) is 5.11 Å². The van der Waals surface area contributed by atoms with Gasteiger partial charge >= 0.3 is 0 Å². The van der Waals surface area contributed by atoms with E-state index in [1.807, 2.05) is 25.1 Å². The second kappa shape index (κ2) is 11.8. The topological polar surface area (TPSA) is 79.5 Å². The van der Waals surface area contributed by atoms with Crippen molar-refractivity contribution in [3.05, 3.63) is 65.2 Å². The number of amides is 2. The second-order valence-electron chi connectivity index (χ2n) is 6.58. The minimum absolute atomic E-state index is 0.00492. The number of benzene rings is 2. The number of carbonyl (C=O) groups excluding carboxylic acids is 2. The molecule has 0 unspecified atom stereocenters. The van der Waals surface area contributed by atoms with Gasteiger partial charge in [-0.1, -0.05) is 56.5 Å². The van der Waals surface area contributed by atoms with Crippen LogP contribution in [-0.4, -0.2) is 23.5 Å². The Balaban J connectivity index is 1.87. The molecule has 0 saturated heterocycles. The molecule has 154 valence electrons. The molecule has 0 aliphatic rings. The minimum Gasteiger partial charge on any atom is -0.493 e. The maximum absolute atomic E-state index is 12.5. The number of carbonyl (C=O) groups is 2. The Morgan fingerprint density at radius 1 is 0.897 bits per heavy atom. The molecular weight excluding hydrogens is 386 g/mol. The zero-order valence-electron chi connectivity index (χ0n) is 16.8. The first-order valence-electron chi connectivity index (χ1n) is 9.72. The van der Waals surface area contributed by atoms with Crippen molar-refractivity contribution in [1.29, 1.82) is 0 Å². The third kappa shape index (κ3) is 7.19. The molecule has 2 aromatic rings. The lowest BCUT2D eigenvalue weighted by Crippen LogP contribution is -2.48. The number of ether oxygens (including phenoxy) is 1. The molecule has 0 spiro atoms. The fraction of sp³-hybridized carbons (Fsp3) is 0.318. The van der Waals surface area contributed by atoms with Crippen molar-refractivity contribution in [2.24, 2.45) is 0 Å². The monoisotopic (exact) mass is 413 g/mol. The van der Waals surface area contributed by atoms with Crippen molar-refractivity contribution in [2.45, 2.75) is 39.5 Å². The summed E-state index contributed by atoms with van der Waals surface area (Å²) >= 11 is 5.11. The molecule has 0 fully saturated rings. The van der Waals surface area contributed by atoms with Crippen LogP contribution in [0.2, 0.25) is 0 Å². The van der Waals surface area contributed by atoms with Gasteiger partial charge in [0, 0.05) is 5.56 Å². The van der Waals surface area contributed by atoms with E-state index in [9.17, 15) is 9.59 Å². The standard InChI is InChI=1S/C22H27N3O3S/c1-3-4-5-10-15-28-19-14-9-8-13-18(19)20(26)23-22(29)25-24-21(27)17-12-7-6-11-16(17)2/h6-9,11-14H,3-5,10,15H2,1-2H3,(H,24,27)(H2,23,25,26,29). The molecule has 29 heavy (non-hydrogen) atoms. The molecule has 3 N–H and O–H groups in total. The molecule has 0 aliphatic carbocycles. The van der Waals surface area contributed by atoms with E-state index in [-0.39, 0.29) is 11.0 Å².